The Hall–Kier alpha value is -2.81. The molecule has 0 amide bonds. The Kier molecular flexibility index (Phi) is 2.78. The molecule has 4 aromatic rings. The van der Waals surface area contributed by atoms with E-state index in [1.807, 2.05) is 6.07 Å². The van der Waals surface area contributed by atoms with Crippen LogP contribution in [0, 0.1) is 6.92 Å². The Balaban J connectivity index is 1.66. The lowest BCUT2D eigenvalue weighted by molar-refractivity contribution is 0.433. The van der Waals surface area contributed by atoms with Gasteiger partial charge >= 0.3 is 0 Å². The van der Waals surface area contributed by atoms with Crippen LogP contribution in [-0.2, 0) is 5.41 Å². The molecule has 3 nitrogen and oxygen atoms in total. The predicted molar refractivity (Wildman–Crippen MR) is 110 cm³/mol. The van der Waals surface area contributed by atoms with Gasteiger partial charge in [0.05, 0.1) is 0 Å². The Morgan fingerprint density at radius 1 is 1.07 bits per heavy atom. The maximum Gasteiger partial charge on any atom is 0.227 e. The van der Waals surface area contributed by atoms with E-state index in [-0.39, 0.29) is 5.41 Å². The fraction of sp³-hybridized carbons (Fsp3) is 0.292. The molecule has 0 radical (unpaired) electrons. The maximum absolute atomic E-state index is 6.34. The van der Waals surface area contributed by atoms with Gasteiger partial charge < -0.3 is 9.32 Å². The Labute approximate surface area is 158 Å². The first kappa shape index (κ1) is 15.3. The zero-order chi connectivity index (χ0) is 18.3. The zero-order valence-corrected chi connectivity index (χ0v) is 15.9. The van der Waals surface area contributed by atoms with Crippen molar-refractivity contribution in [3.8, 4) is 0 Å². The van der Waals surface area contributed by atoms with E-state index < -0.39 is 0 Å². The molecule has 2 aromatic carbocycles. The van der Waals surface area contributed by atoms with Crippen LogP contribution in [0.5, 0.6) is 0 Å². The number of fused-ring (bicyclic) bond motifs is 8. The molecule has 27 heavy (non-hydrogen) atoms. The summed E-state index contributed by atoms with van der Waals surface area (Å²) < 4.78 is 6.34. The molecule has 1 saturated heterocycles. The van der Waals surface area contributed by atoms with Gasteiger partial charge in [0, 0.05) is 52.1 Å². The van der Waals surface area contributed by atoms with Gasteiger partial charge in [0.1, 0.15) is 5.58 Å². The number of benzene rings is 2. The van der Waals surface area contributed by atoms with E-state index in [9.17, 15) is 0 Å². The summed E-state index contributed by atoms with van der Waals surface area (Å²) in [6, 6.07) is 17.9. The van der Waals surface area contributed by atoms with E-state index in [2.05, 4.69) is 73.1 Å². The molecular weight excluding hydrogens is 332 g/mol. The molecule has 6 rings (SSSR count). The molecule has 2 bridgehead atoms. The third-order valence-corrected chi connectivity index (χ3v) is 6.97. The molecule has 0 N–H and O–H groups in total. The monoisotopic (exact) mass is 354 g/mol. The second-order valence-electron chi connectivity index (χ2n) is 8.41. The smallest absolute Gasteiger partial charge is 0.227 e. The predicted octanol–water partition coefficient (Wildman–Crippen LogP) is 5.55. The molecule has 2 aliphatic heterocycles. The molecule has 4 heterocycles. The number of nitrogens with zero attached hydrogens (tertiary/aromatic N) is 2. The molecule has 134 valence electrons. The summed E-state index contributed by atoms with van der Waals surface area (Å²) in [6.45, 7) is 8.09. The Bertz CT molecular complexity index is 1220. The summed E-state index contributed by atoms with van der Waals surface area (Å²) in [5, 5.41) is 2.29. The zero-order valence-electron chi connectivity index (χ0n) is 15.9. The van der Waals surface area contributed by atoms with E-state index in [0.717, 1.165) is 23.2 Å². The number of aromatic nitrogens is 1. The SMILES string of the molecule is Cc1ccc2c(oc3ncccc32)c1C1C(C)N2CC1(C)c1ccccc12. The van der Waals surface area contributed by atoms with Gasteiger partial charge in [-0.1, -0.05) is 37.3 Å². The minimum atomic E-state index is 0.0987. The van der Waals surface area contributed by atoms with E-state index in [1.165, 1.54) is 27.8 Å². The van der Waals surface area contributed by atoms with E-state index in [0.29, 0.717) is 12.0 Å². The second kappa shape index (κ2) is 4.92. The summed E-state index contributed by atoms with van der Waals surface area (Å²) in [5.41, 5.74) is 7.40. The average Bonchev–Trinajstić information content (AvgIpc) is 3.28. The molecule has 0 aliphatic carbocycles. The highest BCUT2D eigenvalue weighted by Gasteiger charge is 2.56. The van der Waals surface area contributed by atoms with Crippen molar-refractivity contribution in [2.75, 3.05) is 11.4 Å². The minimum Gasteiger partial charge on any atom is -0.437 e. The molecule has 1 fully saturated rings. The van der Waals surface area contributed by atoms with E-state index in [4.69, 9.17) is 4.42 Å². The van der Waals surface area contributed by atoms with Crippen LogP contribution in [-0.4, -0.2) is 17.6 Å². The normalized spacial score (nSPS) is 26.3. The fourth-order valence-electron chi connectivity index (χ4n) is 5.81. The maximum atomic E-state index is 6.34. The molecule has 2 aromatic heterocycles. The first-order chi connectivity index (χ1) is 13.1. The average molecular weight is 354 g/mol. The molecule has 3 heteroatoms. The number of para-hydroxylation sites is 1. The molecular formula is C24H22N2O. The van der Waals surface area contributed by atoms with E-state index >= 15 is 0 Å². The van der Waals surface area contributed by atoms with Crippen molar-refractivity contribution in [1.29, 1.82) is 0 Å². The van der Waals surface area contributed by atoms with Gasteiger partial charge in [-0.05, 0) is 43.2 Å². The lowest BCUT2D eigenvalue weighted by Gasteiger charge is -2.38. The minimum absolute atomic E-state index is 0.0987. The largest absolute Gasteiger partial charge is 0.437 e. The Morgan fingerprint density at radius 2 is 1.93 bits per heavy atom. The van der Waals surface area contributed by atoms with Gasteiger partial charge in [-0.15, -0.1) is 0 Å². The molecule has 0 spiro atoms. The number of furan rings is 1. The summed E-state index contributed by atoms with van der Waals surface area (Å²) in [5.74, 6) is 0.400. The number of hydrogen-bond acceptors (Lipinski definition) is 3. The number of rotatable bonds is 1. The third kappa shape index (κ3) is 1.75. The first-order valence-electron chi connectivity index (χ1n) is 9.72. The number of aryl methyl sites for hydroxylation is 1. The van der Waals surface area contributed by atoms with Crippen molar-refractivity contribution in [2.24, 2.45) is 0 Å². The van der Waals surface area contributed by atoms with Crippen molar-refractivity contribution < 1.29 is 4.42 Å². The van der Waals surface area contributed by atoms with Crippen molar-refractivity contribution in [3.05, 3.63) is 71.4 Å². The van der Waals surface area contributed by atoms with E-state index in [1.54, 1.807) is 6.20 Å². The number of pyridine rings is 1. The van der Waals surface area contributed by atoms with Crippen LogP contribution in [0.3, 0.4) is 0 Å². The molecule has 3 atom stereocenters. The third-order valence-electron chi connectivity index (χ3n) is 6.97. The highest BCUT2D eigenvalue weighted by atomic mass is 16.3. The van der Waals surface area contributed by atoms with Crippen LogP contribution in [0.25, 0.3) is 22.1 Å². The van der Waals surface area contributed by atoms with Crippen LogP contribution in [0.1, 0.15) is 36.5 Å². The summed E-state index contributed by atoms with van der Waals surface area (Å²) >= 11 is 0. The highest BCUT2D eigenvalue weighted by molar-refractivity contribution is 6.05. The standard InChI is InChI=1S/C24H22N2O/c1-14-10-11-16-17-7-6-12-25-23(17)27-22(16)20(14)21-15(2)26-13-24(21,3)18-8-4-5-9-19(18)26/h4-12,15,21H,13H2,1-3H3. The summed E-state index contributed by atoms with van der Waals surface area (Å²) in [6.07, 6.45) is 1.81. The summed E-state index contributed by atoms with van der Waals surface area (Å²) in [7, 11) is 0. The lowest BCUT2D eigenvalue weighted by Crippen LogP contribution is -2.35. The van der Waals surface area contributed by atoms with Crippen molar-refractivity contribution >= 4 is 27.8 Å². The topological polar surface area (TPSA) is 29.3 Å². The molecule has 0 saturated carbocycles. The van der Waals surface area contributed by atoms with Crippen molar-refractivity contribution in [2.45, 2.75) is 38.1 Å². The lowest BCUT2D eigenvalue weighted by atomic mass is 9.67. The quantitative estimate of drug-likeness (QED) is 0.448. The summed E-state index contributed by atoms with van der Waals surface area (Å²) in [4.78, 5) is 7.04. The van der Waals surface area contributed by atoms with Gasteiger partial charge in [0.25, 0.3) is 0 Å². The van der Waals surface area contributed by atoms with Crippen LogP contribution >= 0.6 is 0 Å². The number of hydrogen-bond donors (Lipinski definition) is 0. The van der Waals surface area contributed by atoms with Gasteiger partial charge in [-0.25, -0.2) is 4.98 Å². The van der Waals surface area contributed by atoms with Crippen molar-refractivity contribution in [3.63, 3.8) is 0 Å². The van der Waals surface area contributed by atoms with Crippen molar-refractivity contribution in [1.82, 2.24) is 4.98 Å². The fourth-order valence-corrected chi connectivity index (χ4v) is 5.81. The number of anilines is 1. The Morgan fingerprint density at radius 3 is 2.81 bits per heavy atom. The highest BCUT2D eigenvalue weighted by Crippen LogP contribution is 2.59. The van der Waals surface area contributed by atoms with Crippen LogP contribution in [0.2, 0.25) is 0 Å². The molecule has 3 unspecified atom stereocenters. The van der Waals surface area contributed by atoms with Crippen LogP contribution < -0.4 is 4.90 Å². The van der Waals surface area contributed by atoms with Gasteiger partial charge in [0.2, 0.25) is 5.71 Å². The molecule has 2 aliphatic rings. The van der Waals surface area contributed by atoms with Gasteiger partial charge in [-0.2, -0.15) is 0 Å². The first-order valence-corrected chi connectivity index (χ1v) is 9.72. The van der Waals surface area contributed by atoms with Crippen LogP contribution in [0.15, 0.2) is 59.1 Å². The second-order valence-corrected chi connectivity index (χ2v) is 8.41. The van der Waals surface area contributed by atoms with Crippen LogP contribution in [0.4, 0.5) is 5.69 Å². The van der Waals surface area contributed by atoms with Gasteiger partial charge in [-0.3, -0.25) is 0 Å². The van der Waals surface area contributed by atoms with Gasteiger partial charge in [0.15, 0.2) is 0 Å².